The van der Waals surface area contributed by atoms with Crippen molar-refractivity contribution >= 4 is 11.8 Å². The lowest BCUT2D eigenvalue weighted by Crippen LogP contribution is -2.26. The number of hydrogen-bond acceptors (Lipinski definition) is 2. The lowest BCUT2D eigenvalue weighted by atomic mass is 9.98. The molecule has 1 saturated heterocycles. The van der Waals surface area contributed by atoms with E-state index >= 15 is 0 Å². The van der Waals surface area contributed by atoms with Crippen LogP contribution >= 0.6 is 0 Å². The summed E-state index contributed by atoms with van der Waals surface area (Å²) in [5.74, 6) is 0.321. The van der Waals surface area contributed by atoms with Gasteiger partial charge in [-0.25, -0.2) is 4.79 Å². The standard InChI is InChI=1S/C11H14N2O2/c12-10-3-1-8(2-4-10)9-5-6-13(7-9)11(14)15/h1-4,9H,5-7,12H2,(H,14,15)/t9-/m1/s1. The second-order valence-corrected chi connectivity index (χ2v) is 3.88. The Labute approximate surface area is 88.3 Å². The normalized spacial score (nSPS) is 20.5. The van der Waals surface area contributed by atoms with Crippen molar-refractivity contribution in [3.63, 3.8) is 0 Å². The van der Waals surface area contributed by atoms with Crippen LogP contribution < -0.4 is 5.73 Å². The van der Waals surface area contributed by atoms with Crippen LogP contribution in [0, 0.1) is 0 Å². The van der Waals surface area contributed by atoms with Gasteiger partial charge >= 0.3 is 6.09 Å². The van der Waals surface area contributed by atoms with Gasteiger partial charge in [0, 0.05) is 24.7 Å². The molecule has 1 fully saturated rings. The summed E-state index contributed by atoms with van der Waals surface area (Å²) in [6, 6.07) is 7.67. The minimum atomic E-state index is -0.826. The van der Waals surface area contributed by atoms with Gasteiger partial charge < -0.3 is 15.7 Å². The molecule has 0 bridgehead atoms. The molecule has 0 saturated carbocycles. The van der Waals surface area contributed by atoms with Crippen LogP contribution in [0.5, 0.6) is 0 Å². The molecule has 2 rings (SSSR count). The van der Waals surface area contributed by atoms with E-state index in [2.05, 4.69) is 0 Å². The quantitative estimate of drug-likeness (QED) is 0.688. The maximum Gasteiger partial charge on any atom is 0.407 e. The van der Waals surface area contributed by atoms with Gasteiger partial charge in [-0.1, -0.05) is 12.1 Å². The summed E-state index contributed by atoms with van der Waals surface area (Å²) in [5.41, 5.74) is 7.51. The lowest BCUT2D eigenvalue weighted by Gasteiger charge is -2.12. The zero-order valence-electron chi connectivity index (χ0n) is 8.39. The molecule has 0 aliphatic carbocycles. The van der Waals surface area contributed by atoms with Crippen molar-refractivity contribution < 1.29 is 9.90 Å². The fourth-order valence-electron chi connectivity index (χ4n) is 1.97. The first-order valence-electron chi connectivity index (χ1n) is 5.00. The summed E-state index contributed by atoms with van der Waals surface area (Å²) in [4.78, 5) is 12.2. The Hall–Kier alpha value is -1.71. The number of nitrogens with two attached hydrogens (primary N) is 1. The number of anilines is 1. The van der Waals surface area contributed by atoms with Crippen LogP contribution in [0.1, 0.15) is 17.9 Å². The highest BCUT2D eigenvalue weighted by Gasteiger charge is 2.26. The topological polar surface area (TPSA) is 66.6 Å². The number of benzene rings is 1. The molecule has 1 heterocycles. The monoisotopic (exact) mass is 206 g/mol. The van der Waals surface area contributed by atoms with Crippen LogP contribution in [0.4, 0.5) is 10.5 Å². The summed E-state index contributed by atoms with van der Waals surface area (Å²) >= 11 is 0. The number of rotatable bonds is 1. The van der Waals surface area contributed by atoms with E-state index in [1.807, 2.05) is 24.3 Å². The predicted octanol–water partition coefficient (Wildman–Crippen LogP) is 1.74. The minimum Gasteiger partial charge on any atom is -0.465 e. The van der Waals surface area contributed by atoms with E-state index in [1.165, 1.54) is 10.5 Å². The molecular formula is C11H14N2O2. The summed E-state index contributed by atoms with van der Waals surface area (Å²) in [7, 11) is 0. The third kappa shape index (κ3) is 2.03. The highest BCUT2D eigenvalue weighted by molar-refractivity contribution is 5.65. The maximum atomic E-state index is 10.7. The highest BCUT2D eigenvalue weighted by Crippen LogP contribution is 2.27. The molecule has 80 valence electrons. The van der Waals surface area contributed by atoms with Gasteiger partial charge in [-0.3, -0.25) is 0 Å². The molecule has 0 spiro atoms. The first kappa shape index (κ1) is 9.83. The van der Waals surface area contributed by atoms with Crippen LogP contribution in [0.15, 0.2) is 24.3 Å². The van der Waals surface area contributed by atoms with Crippen LogP contribution in [0.2, 0.25) is 0 Å². The average Bonchev–Trinajstić information content (AvgIpc) is 2.68. The Kier molecular flexibility index (Phi) is 2.49. The van der Waals surface area contributed by atoms with Crippen LogP contribution in [0.25, 0.3) is 0 Å². The van der Waals surface area contributed by atoms with Gasteiger partial charge in [0.25, 0.3) is 0 Å². The summed E-state index contributed by atoms with van der Waals surface area (Å²) in [5, 5.41) is 8.83. The molecule has 0 radical (unpaired) electrons. The number of carboxylic acid groups (broad SMARTS) is 1. The summed E-state index contributed by atoms with van der Waals surface area (Å²) in [6.07, 6.45) is 0.0730. The number of likely N-dealkylation sites (tertiary alicyclic amines) is 1. The number of amides is 1. The van der Waals surface area contributed by atoms with E-state index in [0.717, 1.165) is 12.1 Å². The van der Waals surface area contributed by atoms with Crippen LogP contribution in [-0.4, -0.2) is 29.2 Å². The third-order valence-corrected chi connectivity index (χ3v) is 2.87. The Balaban J connectivity index is 2.07. The summed E-state index contributed by atoms with van der Waals surface area (Å²) < 4.78 is 0. The van der Waals surface area contributed by atoms with Crippen molar-refractivity contribution in [2.45, 2.75) is 12.3 Å². The van der Waals surface area contributed by atoms with E-state index in [-0.39, 0.29) is 0 Å². The zero-order valence-corrected chi connectivity index (χ0v) is 8.39. The smallest absolute Gasteiger partial charge is 0.407 e. The van der Waals surface area contributed by atoms with Crippen molar-refractivity contribution in [3.05, 3.63) is 29.8 Å². The first-order chi connectivity index (χ1) is 7.16. The minimum absolute atomic E-state index is 0.321. The van der Waals surface area contributed by atoms with Gasteiger partial charge in [0.05, 0.1) is 0 Å². The van der Waals surface area contributed by atoms with Crippen molar-refractivity contribution in [1.29, 1.82) is 0 Å². The number of nitrogen functional groups attached to an aromatic ring is 1. The molecule has 1 aromatic rings. The second-order valence-electron chi connectivity index (χ2n) is 3.88. The maximum absolute atomic E-state index is 10.7. The number of hydrogen-bond donors (Lipinski definition) is 2. The Morgan fingerprint density at radius 2 is 2.07 bits per heavy atom. The van der Waals surface area contributed by atoms with Gasteiger partial charge in [-0.2, -0.15) is 0 Å². The summed E-state index contributed by atoms with van der Waals surface area (Å²) in [6.45, 7) is 1.23. The number of carbonyl (C=O) groups is 1. The second kappa shape index (κ2) is 3.81. The SMILES string of the molecule is Nc1ccc([C@@H]2CCN(C(=O)O)C2)cc1. The van der Waals surface area contributed by atoms with E-state index < -0.39 is 6.09 Å². The first-order valence-corrected chi connectivity index (χ1v) is 5.00. The molecule has 1 aliphatic rings. The Morgan fingerprint density at radius 3 is 2.60 bits per heavy atom. The molecule has 1 atom stereocenters. The van der Waals surface area contributed by atoms with Crippen LogP contribution in [0.3, 0.4) is 0 Å². The van der Waals surface area contributed by atoms with E-state index in [9.17, 15) is 4.79 Å². The fraction of sp³-hybridized carbons (Fsp3) is 0.364. The van der Waals surface area contributed by atoms with E-state index in [0.29, 0.717) is 19.0 Å². The largest absolute Gasteiger partial charge is 0.465 e. The fourth-order valence-corrected chi connectivity index (χ4v) is 1.97. The average molecular weight is 206 g/mol. The van der Waals surface area contributed by atoms with Crippen molar-refractivity contribution in [3.8, 4) is 0 Å². The van der Waals surface area contributed by atoms with Gasteiger partial charge in [0.2, 0.25) is 0 Å². The molecule has 15 heavy (non-hydrogen) atoms. The molecule has 3 N–H and O–H groups in total. The molecule has 4 nitrogen and oxygen atoms in total. The number of nitrogens with zero attached hydrogens (tertiary/aromatic N) is 1. The molecular weight excluding hydrogens is 192 g/mol. The van der Waals surface area contributed by atoms with Crippen molar-refractivity contribution in [1.82, 2.24) is 4.90 Å². The van der Waals surface area contributed by atoms with Gasteiger partial charge in [-0.15, -0.1) is 0 Å². The molecule has 0 aromatic heterocycles. The van der Waals surface area contributed by atoms with Crippen LogP contribution in [-0.2, 0) is 0 Å². The lowest BCUT2D eigenvalue weighted by molar-refractivity contribution is 0.155. The van der Waals surface area contributed by atoms with Gasteiger partial charge in [-0.05, 0) is 24.1 Å². The highest BCUT2D eigenvalue weighted by atomic mass is 16.4. The van der Waals surface area contributed by atoms with Gasteiger partial charge in [0.15, 0.2) is 0 Å². The zero-order chi connectivity index (χ0) is 10.8. The molecule has 1 aromatic carbocycles. The van der Waals surface area contributed by atoms with Crippen molar-refractivity contribution in [2.24, 2.45) is 0 Å². The molecule has 1 aliphatic heterocycles. The van der Waals surface area contributed by atoms with Crippen molar-refractivity contribution in [2.75, 3.05) is 18.8 Å². The molecule has 4 heteroatoms. The van der Waals surface area contributed by atoms with E-state index in [4.69, 9.17) is 10.8 Å². The Morgan fingerprint density at radius 1 is 1.40 bits per heavy atom. The third-order valence-electron chi connectivity index (χ3n) is 2.87. The molecule has 0 unspecified atom stereocenters. The molecule has 1 amide bonds. The Bertz CT molecular complexity index is 361. The predicted molar refractivity (Wildman–Crippen MR) is 57.8 cm³/mol. The van der Waals surface area contributed by atoms with Gasteiger partial charge in [0.1, 0.15) is 0 Å². The van der Waals surface area contributed by atoms with E-state index in [1.54, 1.807) is 0 Å².